The highest BCUT2D eigenvalue weighted by atomic mass is 127. The van der Waals surface area contributed by atoms with Gasteiger partial charge in [0.15, 0.2) is 11.8 Å². The van der Waals surface area contributed by atoms with Gasteiger partial charge in [-0.25, -0.2) is 9.38 Å². The quantitative estimate of drug-likeness (QED) is 0.442. The van der Waals surface area contributed by atoms with Crippen LogP contribution in [0, 0.1) is 12.7 Å². The predicted octanol–water partition coefficient (Wildman–Crippen LogP) is 2.39. The summed E-state index contributed by atoms with van der Waals surface area (Å²) in [4.78, 5) is 8.42. The van der Waals surface area contributed by atoms with Crippen molar-refractivity contribution in [3.8, 4) is 0 Å². The van der Waals surface area contributed by atoms with Gasteiger partial charge in [0.2, 0.25) is 5.89 Å². The molecule has 2 N–H and O–H groups in total. The van der Waals surface area contributed by atoms with Crippen LogP contribution in [0.25, 0.3) is 0 Å². The van der Waals surface area contributed by atoms with E-state index in [-0.39, 0.29) is 36.3 Å². The third kappa shape index (κ3) is 5.58. The van der Waals surface area contributed by atoms with E-state index in [1.54, 1.807) is 25.1 Å². The number of nitrogens with one attached hydrogen (secondary N) is 2. The lowest BCUT2D eigenvalue weighted by atomic mass is 10.2. The molecule has 0 fully saturated rings. The second kappa shape index (κ2) is 9.34. The minimum absolute atomic E-state index is 0. The summed E-state index contributed by atoms with van der Waals surface area (Å²) in [6.45, 7) is 5.03. The van der Waals surface area contributed by atoms with Gasteiger partial charge in [0, 0.05) is 12.1 Å². The van der Waals surface area contributed by atoms with Crippen molar-refractivity contribution < 1.29 is 8.91 Å². The van der Waals surface area contributed by atoms with Crippen LogP contribution in [0.15, 0.2) is 33.8 Å². The molecule has 0 unspecified atom stereocenters. The number of benzene rings is 1. The lowest BCUT2D eigenvalue weighted by molar-refractivity contribution is 0.371. The lowest BCUT2D eigenvalue weighted by Gasteiger charge is -2.09. The van der Waals surface area contributed by atoms with E-state index in [1.807, 2.05) is 6.92 Å². The van der Waals surface area contributed by atoms with Gasteiger partial charge in [-0.1, -0.05) is 23.4 Å². The van der Waals surface area contributed by atoms with Crippen molar-refractivity contribution in [1.82, 2.24) is 20.8 Å². The molecule has 0 saturated heterocycles. The Hall–Kier alpha value is -1.71. The molecule has 0 aliphatic heterocycles. The van der Waals surface area contributed by atoms with E-state index in [0.29, 0.717) is 36.3 Å². The van der Waals surface area contributed by atoms with Gasteiger partial charge in [0.25, 0.3) is 0 Å². The van der Waals surface area contributed by atoms with Crippen LogP contribution in [0.5, 0.6) is 0 Å². The van der Waals surface area contributed by atoms with Gasteiger partial charge in [-0.05, 0) is 19.9 Å². The summed E-state index contributed by atoms with van der Waals surface area (Å²) in [5, 5.41) is 9.85. The Labute approximate surface area is 145 Å². The molecule has 0 aliphatic rings. The molecule has 0 saturated carbocycles. The van der Waals surface area contributed by atoms with Gasteiger partial charge in [0.1, 0.15) is 5.82 Å². The Bertz CT molecular complexity index is 617. The van der Waals surface area contributed by atoms with E-state index in [9.17, 15) is 4.39 Å². The van der Waals surface area contributed by atoms with Crippen molar-refractivity contribution in [2.24, 2.45) is 4.99 Å². The largest absolute Gasteiger partial charge is 0.357 e. The average Bonchev–Trinajstić information content (AvgIpc) is 2.89. The van der Waals surface area contributed by atoms with Crippen molar-refractivity contribution in [2.45, 2.75) is 26.9 Å². The minimum Gasteiger partial charge on any atom is -0.357 e. The molecular weight excluding hydrogens is 400 g/mol. The molecule has 2 aromatic rings. The Balaban J connectivity index is 0.00000242. The first-order valence-electron chi connectivity index (χ1n) is 6.74. The van der Waals surface area contributed by atoms with Crippen LogP contribution in [-0.2, 0) is 13.1 Å². The molecule has 8 heteroatoms. The van der Waals surface area contributed by atoms with Crippen LogP contribution in [0.2, 0.25) is 0 Å². The summed E-state index contributed by atoms with van der Waals surface area (Å²) in [5.41, 5.74) is 0.545. The minimum atomic E-state index is -0.260. The van der Waals surface area contributed by atoms with E-state index in [4.69, 9.17) is 4.52 Å². The summed E-state index contributed by atoms with van der Waals surface area (Å²) >= 11 is 0. The third-order valence-electron chi connectivity index (χ3n) is 2.69. The number of aliphatic imine (C=N–C) groups is 1. The molecule has 0 bridgehead atoms. The van der Waals surface area contributed by atoms with E-state index < -0.39 is 0 Å². The molecule has 0 spiro atoms. The number of aryl methyl sites for hydroxylation is 1. The van der Waals surface area contributed by atoms with Crippen LogP contribution in [0.1, 0.15) is 24.2 Å². The second-order valence-electron chi connectivity index (χ2n) is 4.38. The fourth-order valence-corrected chi connectivity index (χ4v) is 1.70. The maximum atomic E-state index is 13.5. The smallest absolute Gasteiger partial charge is 0.246 e. The summed E-state index contributed by atoms with van der Waals surface area (Å²) in [6.07, 6.45) is 0. The van der Waals surface area contributed by atoms with E-state index >= 15 is 0 Å². The number of nitrogens with zero attached hydrogens (tertiary/aromatic N) is 3. The zero-order chi connectivity index (χ0) is 15.1. The molecule has 1 heterocycles. The summed E-state index contributed by atoms with van der Waals surface area (Å²) in [6, 6.07) is 6.58. The Morgan fingerprint density at radius 1 is 1.32 bits per heavy atom. The van der Waals surface area contributed by atoms with Crippen LogP contribution in [0.4, 0.5) is 4.39 Å². The van der Waals surface area contributed by atoms with Crippen molar-refractivity contribution in [3.05, 3.63) is 47.4 Å². The second-order valence-corrected chi connectivity index (χ2v) is 4.38. The average molecular weight is 419 g/mol. The first-order chi connectivity index (χ1) is 10.2. The molecule has 0 atom stereocenters. The summed E-state index contributed by atoms with van der Waals surface area (Å²) in [7, 11) is 0. The highest BCUT2D eigenvalue weighted by Gasteiger charge is 2.05. The number of halogens is 2. The first-order valence-corrected chi connectivity index (χ1v) is 6.74. The molecule has 1 aromatic heterocycles. The molecule has 120 valence electrons. The molecule has 1 aromatic carbocycles. The summed E-state index contributed by atoms with van der Waals surface area (Å²) in [5.74, 6) is 1.37. The lowest BCUT2D eigenvalue weighted by Crippen LogP contribution is -2.36. The number of hydrogen-bond donors (Lipinski definition) is 2. The standard InChI is InChI=1S/C14H18FN5O.HI/c1-3-16-14(18-9-13-19-10(2)20-21-13)17-8-11-6-4-5-7-12(11)15;/h4-7H,3,8-9H2,1-2H3,(H2,16,17,18);1H. The van der Waals surface area contributed by atoms with Gasteiger partial charge < -0.3 is 15.2 Å². The maximum Gasteiger partial charge on any atom is 0.246 e. The topological polar surface area (TPSA) is 75.3 Å². The van der Waals surface area contributed by atoms with Crippen LogP contribution < -0.4 is 10.6 Å². The molecule has 22 heavy (non-hydrogen) atoms. The first kappa shape index (κ1) is 18.3. The monoisotopic (exact) mass is 419 g/mol. The van der Waals surface area contributed by atoms with Gasteiger partial charge in [-0.3, -0.25) is 0 Å². The number of guanidine groups is 1. The number of aromatic nitrogens is 2. The SMILES string of the molecule is CCNC(=NCc1ccccc1F)NCc1nc(C)no1.I. The third-order valence-corrected chi connectivity index (χ3v) is 2.69. The van der Waals surface area contributed by atoms with Gasteiger partial charge >= 0.3 is 0 Å². The van der Waals surface area contributed by atoms with Gasteiger partial charge in [-0.2, -0.15) is 4.98 Å². The molecule has 0 radical (unpaired) electrons. The highest BCUT2D eigenvalue weighted by molar-refractivity contribution is 14.0. The van der Waals surface area contributed by atoms with Gasteiger partial charge in [0.05, 0.1) is 13.1 Å². The zero-order valence-corrected chi connectivity index (χ0v) is 14.8. The Morgan fingerprint density at radius 2 is 2.09 bits per heavy atom. The van der Waals surface area contributed by atoms with Crippen LogP contribution in [-0.4, -0.2) is 22.6 Å². The highest BCUT2D eigenvalue weighted by Crippen LogP contribution is 2.07. The molecular formula is C14H19FIN5O. The normalized spacial score (nSPS) is 11.0. The van der Waals surface area contributed by atoms with Gasteiger partial charge in [-0.15, -0.1) is 24.0 Å². The molecule has 0 aliphatic carbocycles. The Kier molecular flexibility index (Phi) is 7.78. The van der Waals surface area contributed by atoms with Crippen molar-refractivity contribution in [2.75, 3.05) is 6.54 Å². The molecule has 2 rings (SSSR count). The van der Waals surface area contributed by atoms with Crippen LogP contribution >= 0.6 is 24.0 Å². The van der Waals surface area contributed by atoms with E-state index in [0.717, 1.165) is 0 Å². The van der Waals surface area contributed by atoms with Crippen LogP contribution in [0.3, 0.4) is 0 Å². The predicted molar refractivity (Wildman–Crippen MR) is 92.5 cm³/mol. The zero-order valence-electron chi connectivity index (χ0n) is 12.5. The molecule has 0 amide bonds. The van der Waals surface area contributed by atoms with E-state index in [1.165, 1.54) is 6.07 Å². The summed E-state index contributed by atoms with van der Waals surface area (Å²) < 4.78 is 18.5. The van der Waals surface area contributed by atoms with Crippen molar-refractivity contribution in [3.63, 3.8) is 0 Å². The maximum absolute atomic E-state index is 13.5. The molecule has 6 nitrogen and oxygen atoms in total. The number of hydrogen-bond acceptors (Lipinski definition) is 4. The van der Waals surface area contributed by atoms with E-state index in [2.05, 4.69) is 25.8 Å². The fraction of sp³-hybridized carbons (Fsp3) is 0.357. The van der Waals surface area contributed by atoms with Crippen molar-refractivity contribution >= 4 is 29.9 Å². The Morgan fingerprint density at radius 3 is 2.73 bits per heavy atom. The number of rotatable bonds is 5. The van der Waals surface area contributed by atoms with Crippen molar-refractivity contribution in [1.29, 1.82) is 0 Å². The fourth-order valence-electron chi connectivity index (χ4n) is 1.70.